The van der Waals surface area contributed by atoms with Crippen molar-refractivity contribution < 1.29 is 4.79 Å². The van der Waals surface area contributed by atoms with Crippen LogP contribution in [0.5, 0.6) is 0 Å². The second-order valence-corrected chi connectivity index (χ2v) is 3.63. The Morgan fingerprint density at radius 1 is 1.67 bits per heavy atom. The van der Waals surface area contributed by atoms with Gasteiger partial charge in [0.05, 0.1) is 11.7 Å². The molecule has 2 N–H and O–H groups in total. The molecular weight excluding hydrogens is 192 g/mol. The molecule has 0 radical (unpaired) electrons. The lowest BCUT2D eigenvalue weighted by Crippen LogP contribution is -2.40. The van der Waals surface area contributed by atoms with E-state index in [-0.39, 0.29) is 11.9 Å². The Bertz CT molecular complexity index is 345. The van der Waals surface area contributed by atoms with Crippen molar-refractivity contribution in [1.29, 1.82) is 0 Å². The third-order valence-electron chi connectivity index (χ3n) is 2.35. The van der Waals surface area contributed by atoms with Gasteiger partial charge < -0.3 is 10.6 Å². The molecule has 0 saturated carbocycles. The van der Waals surface area contributed by atoms with Crippen LogP contribution in [0.1, 0.15) is 18.2 Å². The van der Waals surface area contributed by atoms with E-state index in [0.717, 1.165) is 11.3 Å². The number of nitrogens with one attached hydrogen (secondary N) is 2. The zero-order valence-electron chi connectivity index (χ0n) is 9.66. The first-order valence-electron chi connectivity index (χ1n) is 4.98. The van der Waals surface area contributed by atoms with E-state index in [2.05, 4.69) is 15.7 Å². The lowest BCUT2D eigenvalue weighted by molar-refractivity contribution is -0.122. The number of aryl methyl sites for hydroxylation is 2. The first-order chi connectivity index (χ1) is 7.04. The molecule has 0 saturated heterocycles. The van der Waals surface area contributed by atoms with E-state index >= 15 is 0 Å². The average Bonchev–Trinajstić information content (AvgIpc) is 2.52. The molecule has 0 aliphatic rings. The monoisotopic (exact) mass is 210 g/mol. The van der Waals surface area contributed by atoms with Gasteiger partial charge in [0.1, 0.15) is 0 Å². The average molecular weight is 210 g/mol. The van der Waals surface area contributed by atoms with Gasteiger partial charge in [0.2, 0.25) is 5.91 Å². The molecule has 0 bridgehead atoms. The van der Waals surface area contributed by atoms with E-state index in [4.69, 9.17) is 0 Å². The van der Waals surface area contributed by atoms with E-state index < -0.39 is 0 Å². The standard InChI is InChI=1S/C10H18N4O/c1-7-9(6-14(4)13-7)5-12-8(2)10(15)11-3/h6,8,12H,5H2,1-4H3,(H,11,15). The first-order valence-corrected chi connectivity index (χ1v) is 4.98. The summed E-state index contributed by atoms with van der Waals surface area (Å²) in [6.45, 7) is 4.46. The minimum absolute atomic E-state index is 0.00320. The number of amides is 1. The van der Waals surface area contributed by atoms with Crippen LogP contribution < -0.4 is 10.6 Å². The van der Waals surface area contributed by atoms with Crippen molar-refractivity contribution in [2.45, 2.75) is 26.4 Å². The van der Waals surface area contributed by atoms with Gasteiger partial charge in [-0.3, -0.25) is 9.48 Å². The Balaban J connectivity index is 2.50. The SMILES string of the molecule is CNC(=O)C(C)NCc1cn(C)nc1C. The van der Waals surface area contributed by atoms with Crippen LogP contribution in [0.2, 0.25) is 0 Å². The summed E-state index contributed by atoms with van der Waals surface area (Å²) < 4.78 is 1.77. The Kier molecular flexibility index (Phi) is 3.85. The third-order valence-corrected chi connectivity index (χ3v) is 2.35. The van der Waals surface area contributed by atoms with Crippen LogP contribution >= 0.6 is 0 Å². The summed E-state index contributed by atoms with van der Waals surface area (Å²) in [5.41, 5.74) is 2.11. The van der Waals surface area contributed by atoms with Gasteiger partial charge in [-0.1, -0.05) is 0 Å². The summed E-state index contributed by atoms with van der Waals surface area (Å²) in [4.78, 5) is 11.2. The summed E-state index contributed by atoms with van der Waals surface area (Å²) in [7, 11) is 3.52. The van der Waals surface area contributed by atoms with Crippen LogP contribution in [0, 0.1) is 6.92 Å². The second-order valence-electron chi connectivity index (χ2n) is 3.63. The Morgan fingerprint density at radius 2 is 2.33 bits per heavy atom. The molecule has 0 fully saturated rings. The van der Waals surface area contributed by atoms with Gasteiger partial charge in [-0.25, -0.2) is 0 Å². The summed E-state index contributed by atoms with van der Waals surface area (Å²) >= 11 is 0. The molecule has 1 atom stereocenters. The van der Waals surface area contributed by atoms with E-state index in [1.54, 1.807) is 11.7 Å². The molecule has 84 valence electrons. The number of aromatic nitrogens is 2. The number of hydrogen-bond donors (Lipinski definition) is 2. The van der Waals surface area contributed by atoms with Crippen LogP contribution in [0.15, 0.2) is 6.20 Å². The molecule has 0 aliphatic heterocycles. The van der Waals surface area contributed by atoms with Gasteiger partial charge in [-0.15, -0.1) is 0 Å². The minimum atomic E-state index is -0.186. The highest BCUT2D eigenvalue weighted by Crippen LogP contribution is 2.04. The number of rotatable bonds is 4. The fraction of sp³-hybridized carbons (Fsp3) is 0.600. The zero-order chi connectivity index (χ0) is 11.4. The van der Waals surface area contributed by atoms with E-state index in [9.17, 15) is 4.79 Å². The zero-order valence-corrected chi connectivity index (χ0v) is 9.66. The van der Waals surface area contributed by atoms with Crippen molar-refractivity contribution in [2.24, 2.45) is 7.05 Å². The van der Waals surface area contributed by atoms with Crippen molar-refractivity contribution in [3.63, 3.8) is 0 Å². The second kappa shape index (κ2) is 4.93. The number of carbonyl (C=O) groups is 1. The highest BCUT2D eigenvalue weighted by molar-refractivity contribution is 5.80. The normalized spacial score (nSPS) is 12.5. The molecular formula is C10H18N4O. The maximum absolute atomic E-state index is 11.2. The molecule has 1 unspecified atom stereocenters. The molecule has 0 aromatic carbocycles. The van der Waals surface area contributed by atoms with Gasteiger partial charge in [0.25, 0.3) is 0 Å². The molecule has 0 spiro atoms. The first kappa shape index (κ1) is 11.7. The van der Waals surface area contributed by atoms with E-state index in [0.29, 0.717) is 6.54 Å². The van der Waals surface area contributed by atoms with Gasteiger partial charge in [-0.05, 0) is 13.8 Å². The summed E-state index contributed by atoms with van der Waals surface area (Å²) in [5.74, 6) is -0.00320. The largest absolute Gasteiger partial charge is 0.358 e. The van der Waals surface area contributed by atoms with Crippen LogP contribution in [-0.2, 0) is 18.4 Å². The highest BCUT2D eigenvalue weighted by Gasteiger charge is 2.11. The molecule has 1 amide bonds. The molecule has 1 aromatic heterocycles. The fourth-order valence-electron chi connectivity index (χ4n) is 1.39. The molecule has 1 aromatic rings. The van der Waals surface area contributed by atoms with Gasteiger partial charge >= 0.3 is 0 Å². The van der Waals surface area contributed by atoms with Crippen LogP contribution in [0.25, 0.3) is 0 Å². The predicted octanol–water partition coefficient (Wildman–Crippen LogP) is -0.0474. The highest BCUT2D eigenvalue weighted by atomic mass is 16.2. The van der Waals surface area contributed by atoms with Crippen molar-refractivity contribution in [2.75, 3.05) is 7.05 Å². The molecule has 1 heterocycles. The van der Waals surface area contributed by atoms with Crippen molar-refractivity contribution >= 4 is 5.91 Å². The quantitative estimate of drug-likeness (QED) is 0.732. The van der Waals surface area contributed by atoms with Crippen molar-refractivity contribution in [3.8, 4) is 0 Å². The smallest absolute Gasteiger partial charge is 0.236 e. The van der Waals surface area contributed by atoms with Crippen molar-refractivity contribution in [3.05, 3.63) is 17.5 Å². The molecule has 1 rings (SSSR count). The molecule has 5 heteroatoms. The van der Waals surface area contributed by atoms with Crippen LogP contribution in [0.4, 0.5) is 0 Å². The lowest BCUT2D eigenvalue weighted by atomic mass is 10.2. The lowest BCUT2D eigenvalue weighted by Gasteiger charge is -2.11. The van der Waals surface area contributed by atoms with Crippen molar-refractivity contribution in [1.82, 2.24) is 20.4 Å². The molecule has 15 heavy (non-hydrogen) atoms. The maximum Gasteiger partial charge on any atom is 0.236 e. The Morgan fingerprint density at radius 3 is 2.80 bits per heavy atom. The van der Waals surface area contributed by atoms with Gasteiger partial charge in [0.15, 0.2) is 0 Å². The van der Waals surface area contributed by atoms with E-state index in [1.165, 1.54) is 0 Å². The molecule has 5 nitrogen and oxygen atoms in total. The number of hydrogen-bond acceptors (Lipinski definition) is 3. The number of nitrogens with zero attached hydrogens (tertiary/aromatic N) is 2. The number of likely N-dealkylation sites (N-methyl/N-ethyl adjacent to an activating group) is 1. The summed E-state index contributed by atoms with van der Waals surface area (Å²) in [6, 6.07) is -0.186. The fourth-order valence-corrected chi connectivity index (χ4v) is 1.39. The number of carbonyl (C=O) groups excluding carboxylic acids is 1. The minimum Gasteiger partial charge on any atom is -0.358 e. The van der Waals surface area contributed by atoms with E-state index in [1.807, 2.05) is 27.1 Å². The van der Waals surface area contributed by atoms with Gasteiger partial charge in [-0.2, -0.15) is 5.10 Å². The Hall–Kier alpha value is -1.36. The van der Waals surface area contributed by atoms with Crippen LogP contribution in [-0.4, -0.2) is 28.8 Å². The van der Waals surface area contributed by atoms with Crippen LogP contribution in [0.3, 0.4) is 0 Å². The topological polar surface area (TPSA) is 59.0 Å². The van der Waals surface area contributed by atoms with Gasteiger partial charge in [0, 0.05) is 32.4 Å². The summed E-state index contributed by atoms with van der Waals surface area (Å²) in [5, 5.41) is 9.97. The third kappa shape index (κ3) is 3.06. The maximum atomic E-state index is 11.2. The Labute approximate surface area is 89.9 Å². The summed E-state index contributed by atoms with van der Waals surface area (Å²) in [6.07, 6.45) is 1.96. The predicted molar refractivity (Wildman–Crippen MR) is 58.3 cm³/mol. The molecule has 0 aliphatic carbocycles.